The fourth-order valence-electron chi connectivity index (χ4n) is 0.849. The Morgan fingerprint density at radius 3 is 1.20 bits per heavy atom. The molecule has 0 atom stereocenters. The van der Waals surface area contributed by atoms with E-state index in [4.69, 9.17) is 34.6 Å². The molecule has 0 aromatic rings. The Morgan fingerprint density at radius 1 is 0.867 bits per heavy atom. The lowest BCUT2D eigenvalue weighted by Crippen LogP contribution is -3.13. The minimum absolute atomic E-state index is 0.106. The van der Waals surface area contributed by atoms with Gasteiger partial charge in [-0.15, -0.1) is 0 Å². The SMILES string of the molecule is O=P([O-])([O-])[O-].OCC[NH+](CCO)CCO. The van der Waals surface area contributed by atoms with E-state index >= 15 is 0 Å². The van der Waals surface area contributed by atoms with Crippen LogP contribution in [0.3, 0.4) is 0 Å². The fraction of sp³-hybridized carbons (Fsp3) is 1.00. The predicted octanol–water partition coefficient (Wildman–Crippen LogP) is -5.98. The van der Waals surface area contributed by atoms with Crippen LogP contribution < -0.4 is 19.6 Å². The first-order valence-electron chi connectivity index (χ1n) is 4.24. The third-order valence-electron chi connectivity index (χ3n) is 1.40. The average molecular weight is 245 g/mol. The first-order valence-corrected chi connectivity index (χ1v) is 5.70. The number of hydrogen-bond donors (Lipinski definition) is 4. The summed E-state index contributed by atoms with van der Waals surface area (Å²) in [5, 5.41) is 25.5. The number of quaternary nitrogens is 1. The summed E-state index contributed by atoms with van der Waals surface area (Å²) in [7, 11) is -5.39. The standard InChI is InChI=1S/C6H15NO3.H3O4P/c8-4-1-7(2-5-9)3-6-10;1-5(2,3)4/h8-10H,1-6H2;(H3,1,2,3,4)/p-2. The molecular formula is C6H16NO7P-2. The van der Waals surface area contributed by atoms with Crippen molar-refractivity contribution in [3.05, 3.63) is 0 Å². The van der Waals surface area contributed by atoms with Gasteiger partial charge < -0.3 is 39.5 Å². The lowest BCUT2D eigenvalue weighted by atomic mass is 10.4. The normalized spacial score (nSPS) is 11.1. The van der Waals surface area contributed by atoms with E-state index < -0.39 is 7.82 Å². The summed E-state index contributed by atoms with van der Waals surface area (Å²) in [6.45, 7) is 2.11. The second-order valence-corrected chi connectivity index (χ2v) is 3.51. The molecular weight excluding hydrogens is 229 g/mol. The molecule has 9 heteroatoms. The number of phosphoric acid groups is 1. The van der Waals surface area contributed by atoms with Crippen LogP contribution >= 0.6 is 7.82 Å². The minimum Gasteiger partial charge on any atom is -0.822 e. The number of rotatable bonds is 6. The van der Waals surface area contributed by atoms with Crippen LogP contribution in [0, 0.1) is 0 Å². The van der Waals surface area contributed by atoms with Crippen LogP contribution in [-0.4, -0.2) is 54.8 Å². The van der Waals surface area contributed by atoms with E-state index in [9.17, 15) is 0 Å². The van der Waals surface area contributed by atoms with Crippen LogP contribution in [0.25, 0.3) is 0 Å². The highest BCUT2D eigenvalue weighted by Crippen LogP contribution is 2.03. The second kappa shape index (κ2) is 10.5. The maximum Gasteiger partial charge on any atom is 0.101 e. The highest BCUT2D eigenvalue weighted by atomic mass is 31.2. The molecule has 0 rings (SSSR count). The van der Waals surface area contributed by atoms with Crippen molar-refractivity contribution in [3.63, 3.8) is 0 Å². The Kier molecular flexibility index (Phi) is 12.1. The summed E-state index contributed by atoms with van der Waals surface area (Å²) in [5.41, 5.74) is 0. The molecule has 0 bridgehead atoms. The molecule has 0 aliphatic heterocycles. The second-order valence-electron chi connectivity index (χ2n) is 2.62. The molecule has 0 aliphatic carbocycles. The van der Waals surface area contributed by atoms with Gasteiger partial charge in [0.2, 0.25) is 0 Å². The Balaban J connectivity index is 0. The van der Waals surface area contributed by atoms with Crippen molar-refractivity contribution >= 4 is 7.82 Å². The van der Waals surface area contributed by atoms with Crippen molar-refractivity contribution in [2.45, 2.75) is 0 Å². The van der Waals surface area contributed by atoms with Gasteiger partial charge in [-0.2, -0.15) is 7.82 Å². The molecule has 8 nitrogen and oxygen atoms in total. The first-order chi connectivity index (χ1) is 6.85. The molecule has 0 spiro atoms. The van der Waals surface area contributed by atoms with E-state index in [1.165, 1.54) is 0 Å². The van der Waals surface area contributed by atoms with Crippen molar-refractivity contribution in [2.24, 2.45) is 0 Å². The zero-order valence-corrected chi connectivity index (χ0v) is 9.06. The number of nitrogens with one attached hydrogen (secondary N) is 1. The van der Waals surface area contributed by atoms with E-state index in [1.54, 1.807) is 0 Å². The molecule has 15 heavy (non-hydrogen) atoms. The Morgan fingerprint density at radius 2 is 1.07 bits per heavy atom. The number of aliphatic hydroxyl groups excluding tert-OH is 3. The van der Waals surface area contributed by atoms with Gasteiger partial charge in [0, 0.05) is 0 Å². The van der Waals surface area contributed by atoms with Crippen LogP contribution in [0.4, 0.5) is 0 Å². The van der Waals surface area contributed by atoms with Crippen molar-refractivity contribution in [2.75, 3.05) is 39.5 Å². The van der Waals surface area contributed by atoms with Crippen LogP contribution in [-0.2, 0) is 4.57 Å². The first kappa shape index (κ1) is 17.3. The Bertz CT molecular complexity index is 150. The summed E-state index contributed by atoms with van der Waals surface area (Å²) < 4.78 is 8.55. The maximum absolute atomic E-state index is 8.55. The quantitative estimate of drug-likeness (QED) is 0.340. The zero-order valence-electron chi connectivity index (χ0n) is 8.16. The summed E-state index contributed by atoms with van der Waals surface area (Å²) in [6.07, 6.45) is 0. The van der Waals surface area contributed by atoms with Gasteiger partial charge in [0.1, 0.15) is 19.6 Å². The van der Waals surface area contributed by atoms with Gasteiger partial charge in [0.15, 0.2) is 0 Å². The van der Waals surface area contributed by atoms with Crippen molar-refractivity contribution in [3.8, 4) is 0 Å². The number of hydrogen-bond acceptors (Lipinski definition) is 7. The van der Waals surface area contributed by atoms with E-state index in [0.717, 1.165) is 4.90 Å². The van der Waals surface area contributed by atoms with Gasteiger partial charge in [0.25, 0.3) is 0 Å². The molecule has 0 heterocycles. The van der Waals surface area contributed by atoms with Gasteiger partial charge in [-0.25, -0.2) is 0 Å². The average Bonchev–Trinajstić information content (AvgIpc) is 2.02. The minimum atomic E-state index is -5.39. The molecule has 0 aromatic heterocycles. The van der Waals surface area contributed by atoms with Crippen LogP contribution in [0.2, 0.25) is 0 Å². The topological polar surface area (TPSA) is 151 Å². The molecule has 0 amide bonds. The van der Waals surface area contributed by atoms with Gasteiger partial charge in [0.05, 0.1) is 19.8 Å². The van der Waals surface area contributed by atoms with E-state index in [-0.39, 0.29) is 19.8 Å². The van der Waals surface area contributed by atoms with Crippen molar-refractivity contribution in [1.29, 1.82) is 0 Å². The van der Waals surface area contributed by atoms with Gasteiger partial charge in [-0.05, 0) is 0 Å². The largest absolute Gasteiger partial charge is 0.822 e. The van der Waals surface area contributed by atoms with Gasteiger partial charge >= 0.3 is 0 Å². The molecule has 0 fully saturated rings. The van der Waals surface area contributed by atoms with Crippen LogP contribution in [0.1, 0.15) is 0 Å². The van der Waals surface area contributed by atoms with E-state index in [0.29, 0.717) is 19.6 Å². The van der Waals surface area contributed by atoms with E-state index in [2.05, 4.69) is 0 Å². The maximum atomic E-state index is 8.55. The third-order valence-corrected chi connectivity index (χ3v) is 1.40. The van der Waals surface area contributed by atoms with Crippen LogP contribution in [0.15, 0.2) is 0 Å². The summed E-state index contributed by atoms with van der Waals surface area (Å²) in [6, 6.07) is 0. The highest BCUT2D eigenvalue weighted by Gasteiger charge is 2.03. The number of aliphatic hydroxyl groups is 3. The summed E-state index contributed by atoms with van der Waals surface area (Å²) in [4.78, 5) is 26.7. The Hall–Kier alpha value is -0.0500. The molecule has 4 N–H and O–H groups in total. The fourth-order valence-corrected chi connectivity index (χ4v) is 0.849. The Labute approximate surface area is 87.6 Å². The highest BCUT2D eigenvalue weighted by molar-refractivity contribution is 7.40. The smallest absolute Gasteiger partial charge is 0.101 e. The van der Waals surface area contributed by atoms with Crippen molar-refractivity contribution < 1.29 is 39.5 Å². The lowest BCUT2D eigenvalue weighted by Gasteiger charge is -2.36. The predicted molar refractivity (Wildman–Crippen MR) is 44.4 cm³/mol. The van der Waals surface area contributed by atoms with Gasteiger partial charge in [-0.3, -0.25) is 0 Å². The molecule has 0 unspecified atom stereocenters. The van der Waals surface area contributed by atoms with Crippen LogP contribution in [0.5, 0.6) is 0 Å². The third kappa shape index (κ3) is 24.9. The summed E-state index contributed by atoms with van der Waals surface area (Å²) >= 11 is 0. The summed E-state index contributed by atoms with van der Waals surface area (Å²) in [5.74, 6) is 0. The molecule has 0 saturated carbocycles. The zero-order chi connectivity index (χ0) is 12.3. The molecule has 0 radical (unpaired) electrons. The monoisotopic (exact) mass is 245 g/mol. The van der Waals surface area contributed by atoms with Crippen molar-refractivity contribution in [1.82, 2.24) is 0 Å². The molecule has 0 saturated heterocycles. The molecule has 0 aromatic carbocycles. The molecule has 94 valence electrons. The lowest BCUT2D eigenvalue weighted by molar-refractivity contribution is -0.901. The molecule has 0 aliphatic rings. The van der Waals surface area contributed by atoms with E-state index in [1.807, 2.05) is 0 Å². The van der Waals surface area contributed by atoms with Gasteiger partial charge in [-0.1, -0.05) is 0 Å².